The monoisotopic (exact) mass is 843 g/mol. The van der Waals surface area contributed by atoms with Gasteiger partial charge >= 0.3 is 5.97 Å². The minimum absolute atomic E-state index is 0.113. The second-order valence-corrected chi connectivity index (χ2v) is 15.8. The van der Waals surface area contributed by atoms with Crippen LogP contribution in [0.1, 0.15) is 168 Å². The molecule has 0 radical (unpaired) electrons. The molecule has 4 N–H and O–H groups in total. The Labute approximate surface area is 365 Å². The summed E-state index contributed by atoms with van der Waals surface area (Å²) in [4.78, 5) is 12.8. The maximum absolute atomic E-state index is 12.8. The van der Waals surface area contributed by atoms with Crippen LogP contribution in [0.2, 0.25) is 0 Å². The molecule has 0 spiro atoms. The van der Waals surface area contributed by atoms with Gasteiger partial charge in [-0.05, 0) is 89.9 Å². The first-order chi connectivity index (χ1) is 29.4. The number of ether oxygens (including phenoxy) is 4. The summed E-state index contributed by atoms with van der Waals surface area (Å²) in [6, 6.07) is 0. The van der Waals surface area contributed by atoms with Gasteiger partial charge in [0.05, 0.1) is 19.8 Å². The summed E-state index contributed by atoms with van der Waals surface area (Å²) in [5, 5.41) is 40.2. The van der Waals surface area contributed by atoms with Crippen molar-refractivity contribution in [2.45, 2.75) is 205 Å². The lowest BCUT2D eigenvalue weighted by Gasteiger charge is -2.39. The van der Waals surface area contributed by atoms with E-state index in [0.29, 0.717) is 13.0 Å². The third kappa shape index (κ3) is 32.1. The minimum atomic E-state index is -1.55. The van der Waals surface area contributed by atoms with Crippen molar-refractivity contribution in [1.29, 1.82) is 0 Å². The number of carbonyl (C=O) groups excluding carboxylic acids is 1. The van der Waals surface area contributed by atoms with E-state index in [1.54, 1.807) is 0 Å². The fourth-order valence-corrected chi connectivity index (χ4v) is 6.61. The molecule has 1 heterocycles. The number of unbranched alkanes of at least 4 members (excludes halogenated alkanes) is 14. The van der Waals surface area contributed by atoms with E-state index in [1.165, 1.54) is 51.4 Å². The Balaban J connectivity index is 2.29. The van der Waals surface area contributed by atoms with Gasteiger partial charge < -0.3 is 39.4 Å². The number of hydrogen-bond acceptors (Lipinski definition) is 9. The molecule has 1 fully saturated rings. The maximum atomic E-state index is 12.8. The number of rotatable bonds is 39. The summed E-state index contributed by atoms with van der Waals surface area (Å²) >= 11 is 0. The third-order valence-electron chi connectivity index (χ3n) is 10.3. The molecule has 9 nitrogen and oxygen atoms in total. The number of aliphatic hydroxyl groups is 4. The van der Waals surface area contributed by atoms with Crippen LogP contribution in [-0.4, -0.2) is 89.6 Å². The molecule has 344 valence electrons. The van der Waals surface area contributed by atoms with E-state index in [9.17, 15) is 25.2 Å². The van der Waals surface area contributed by atoms with Crippen molar-refractivity contribution in [2.24, 2.45) is 0 Å². The summed E-state index contributed by atoms with van der Waals surface area (Å²) in [7, 11) is 0. The predicted octanol–water partition coefficient (Wildman–Crippen LogP) is 11.0. The third-order valence-corrected chi connectivity index (χ3v) is 10.3. The Morgan fingerprint density at radius 2 is 1.02 bits per heavy atom. The molecule has 1 aliphatic heterocycles. The first-order valence-electron chi connectivity index (χ1n) is 23.7. The molecule has 0 bridgehead atoms. The minimum Gasteiger partial charge on any atom is -0.457 e. The van der Waals surface area contributed by atoms with Gasteiger partial charge in [-0.1, -0.05) is 157 Å². The highest BCUT2D eigenvalue weighted by Gasteiger charge is 2.44. The quantitative estimate of drug-likeness (QED) is 0.0271. The number of carbonyl (C=O) groups is 1. The van der Waals surface area contributed by atoms with Crippen LogP contribution in [0.15, 0.2) is 85.1 Å². The Morgan fingerprint density at radius 3 is 1.53 bits per heavy atom. The molecule has 0 aromatic heterocycles. The zero-order valence-corrected chi connectivity index (χ0v) is 37.7. The van der Waals surface area contributed by atoms with Crippen LogP contribution in [0, 0.1) is 0 Å². The summed E-state index contributed by atoms with van der Waals surface area (Å²) < 4.78 is 22.8. The van der Waals surface area contributed by atoms with E-state index in [0.717, 1.165) is 96.3 Å². The van der Waals surface area contributed by atoms with Crippen molar-refractivity contribution in [3.8, 4) is 0 Å². The summed E-state index contributed by atoms with van der Waals surface area (Å²) in [5.74, 6) is -0.341. The van der Waals surface area contributed by atoms with Gasteiger partial charge in [-0.15, -0.1) is 0 Å². The molecule has 0 amide bonds. The zero-order valence-electron chi connectivity index (χ0n) is 37.7. The van der Waals surface area contributed by atoms with Gasteiger partial charge in [0.2, 0.25) is 0 Å². The van der Waals surface area contributed by atoms with Gasteiger partial charge in [0.15, 0.2) is 6.29 Å². The largest absolute Gasteiger partial charge is 0.457 e. The Morgan fingerprint density at radius 1 is 0.550 bits per heavy atom. The van der Waals surface area contributed by atoms with Crippen LogP contribution in [-0.2, 0) is 23.7 Å². The van der Waals surface area contributed by atoms with Crippen molar-refractivity contribution >= 4 is 5.97 Å². The van der Waals surface area contributed by atoms with Crippen molar-refractivity contribution in [2.75, 3.05) is 26.4 Å². The zero-order chi connectivity index (χ0) is 43.6. The van der Waals surface area contributed by atoms with Gasteiger partial charge in [-0.25, -0.2) is 0 Å². The van der Waals surface area contributed by atoms with Crippen molar-refractivity contribution in [3.05, 3.63) is 85.1 Å². The molecule has 1 rings (SSSR count). The molecule has 0 aromatic carbocycles. The van der Waals surface area contributed by atoms with Crippen LogP contribution in [0.3, 0.4) is 0 Å². The van der Waals surface area contributed by atoms with Crippen LogP contribution >= 0.6 is 0 Å². The second-order valence-electron chi connectivity index (χ2n) is 15.8. The lowest BCUT2D eigenvalue weighted by molar-refractivity contribution is -0.305. The molecule has 1 aliphatic rings. The summed E-state index contributed by atoms with van der Waals surface area (Å²) in [6.07, 6.45) is 48.9. The topological polar surface area (TPSA) is 135 Å². The summed E-state index contributed by atoms with van der Waals surface area (Å²) in [5.41, 5.74) is 0. The molecular weight excluding hydrogens is 757 g/mol. The smallest absolute Gasteiger partial charge is 0.306 e. The molecule has 6 unspecified atom stereocenters. The standard InChI is InChI=1S/C51H86O9/c1-3-5-7-9-11-13-15-17-19-21-22-23-24-25-26-28-30-32-34-36-38-40-47(53)59-45(44-58-51-50(56)49(55)48(54)46(42-52)60-51)43-57-41-39-37-35-33-31-29-27-20-18-16-14-12-10-8-6-4-2/h6,8,12,14-15,17-18,20-22,24-25,29,31,45-46,48-52,54-56H,3-5,7,9-11,13,16,19,23,26-28,30,32-44H2,1-2H3/b8-6-,14-12-,17-15-,20-18-,22-21-,25-24-,31-29-. The average molecular weight is 843 g/mol. The van der Waals surface area contributed by atoms with Gasteiger partial charge in [0.1, 0.15) is 30.5 Å². The van der Waals surface area contributed by atoms with Crippen molar-refractivity contribution in [3.63, 3.8) is 0 Å². The van der Waals surface area contributed by atoms with E-state index in [2.05, 4.69) is 98.9 Å². The number of hydrogen-bond donors (Lipinski definition) is 4. The molecular formula is C51H86O9. The van der Waals surface area contributed by atoms with Crippen LogP contribution in [0.4, 0.5) is 0 Å². The van der Waals surface area contributed by atoms with Gasteiger partial charge in [-0.2, -0.15) is 0 Å². The number of aliphatic hydroxyl groups excluding tert-OH is 4. The van der Waals surface area contributed by atoms with Crippen molar-refractivity contribution < 1.29 is 44.2 Å². The van der Waals surface area contributed by atoms with E-state index in [1.807, 2.05) is 0 Å². The molecule has 1 saturated heterocycles. The lowest BCUT2D eigenvalue weighted by atomic mass is 9.99. The van der Waals surface area contributed by atoms with Crippen molar-refractivity contribution in [1.82, 2.24) is 0 Å². The van der Waals surface area contributed by atoms with E-state index in [-0.39, 0.29) is 19.2 Å². The molecule has 0 aliphatic carbocycles. The Kier molecular flexibility index (Phi) is 38.5. The van der Waals surface area contributed by atoms with Gasteiger partial charge in [-0.3, -0.25) is 4.79 Å². The lowest BCUT2D eigenvalue weighted by Crippen LogP contribution is -2.59. The van der Waals surface area contributed by atoms with Crippen LogP contribution in [0.5, 0.6) is 0 Å². The fourth-order valence-electron chi connectivity index (χ4n) is 6.61. The number of allylic oxidation sites excluding steroid dienone is 14. The first kappa shape index (κ1) is 55.4. The highest BCUT2D eigenvalue weighted by molar-refractivity contribution is 5.69. The molecule has 60 heavy (non-hydrogen) atoms. The molecule has 9 heteroatoms. The molecule has 0 aromatic rings. The average Bonchev–Trinajstić information content (AvgIpc) is 3.25. The fraction of sp³-hybridized carbons (Fsp3) is 0.706. The summed E-state index contributed by atoms with van der Waals surface area (Å²) in [6.45, 7) is 4.32. The number of esters is 1. The molecule has 0 saturated carbocycles. The normalized spacial score (nSPS) is 20.8. The Hall–Kier alpha value is -2.63. The first-order valence-corrected chi connectivity index (χ1v) is 23.7. The van der Waals surface area contributed by atoms with Gasteiger partial charge in [0.25, 0.3) is 0 Å². The predicted molar refractivity (Wildman–Crippen MR) is 247 cm³/mol. The SMILES string of the molecule is CC/C=C\C/C=C\C/C=C\C/C=C\CCCCCOCC(COC1OC(CO)C(O)C(O)C1O)OC(=O)CCCCCCCC/C=C\C/C=C\C/C=C\CCCCCCC. The van der Waals surface area contributed by atoms with Crippen LogP contribution in [0.25, 0.3) is 0 Å². The van der Waals surface area contributed by atoms with Crippen LogP contribution < -0.4 is 0 Å². The highest BCUT2D eigenvalue weighted by Crippen LogP contribution is 2.22. The van der Waals surface area contributed by atoms with E-state index in [4.69, 9.17) is 18.9 Å². The second kappa shape index (κ2) is 41.7. The van der Waals surface area contributed by atoms with Gasteiger partial charge in [0, 0.05) is 13.0 Å². The highest BCUT2D eigenvalue weighted by atomic mass is 16.7. The molecule has 6 atom stereocenters. The Bertz CT molecular complexity index is 1190. The van der Waals surface area contributed by atoms with E-state index < -0.39 is 43.4 Å². The maximum Gasteiger partial charge on any atom is 0.306 e. The van der Waals surface area contributed by atoms with E-state index >= 15 is 0 Å².